The van der Waals surface area contributed by atoms with Crippen molar-refractivity contribution in [1.29, 1.82) is 0 Å². The van der Waals surface area contributed by atoms with Gasteiger partial charge in [0.25, 0.3) is 0 Å². The van der Waals surface area contributed by atoms with Crippen LogP contribution < -0.4 is 15.2 Å². The highest BCUT2D eigenvalue weighted by Gasteiger charge is 2.06. The number of rotatable bonds is 2. The molecule has 0 amide bonds. The van der Waals surface area contributed by atoms with Crippen LogP contribution >= 0.6 is 24.0 Å². The molecular weight excluding hydrogens is 213 g/mol. The SMILES string of the molecule is COc1cc(N)c(Cl)c(OC)c1.Cl. The summed E-state index contributed by atoms with van der Waals surface area (Å²) in [5.41, 5.74) is 6.03. The van der Waals surface area contributed by atoms with E-state index in [1.807, 2.05) is 0 Å². The molecule has 0 fully saturated rings. The smallest absolute Gasteiger partial charge is 0.143 e. The minimum Gasteiger partial charge on any atom is -0.497 e. The van der Waals surface area contributed by atoms with Crippen molar-refractivity contribution in [1.82, 2.24) is 0 Å². The molecule has 0 heterocycles. The van der Waals surface area contributed by atoms with E-state index < -0.39 is 0 Å². The molecule has 0 radical (unpaired) electrons. The van der Waals surface area contributed by atoms with Gasteiger partial charge >= 0.3 is 0 Å². The Morgan fingerprint density at radius 2 is 1.85 bits per heavy atom. The molecule has 0 saturated heterocycles. The maximum absolute atomic E-state index is 5.82. The first kappa shape index (κ1) is 12.2. The van der Waals surface area contributed by atoms with Crippen molar-refractivity contribution in [2.45, 2.75) is 0 Å². The Morgan fingerprint density at radius 3 is 2.31 bits per heavy atom. The van der Waals surface area contributed by atoms with Crippen LogP contribution in [-0.2, 0) is 0 Å². The second-order valence-electron chi connectivity index (χ2n) is 2.23. The number of nitrogen functional groups attached to an aromatic ring is 1. The van der Waals surface area contributed by atoms with Crippen LogP contribution in [0.1, 0.15) is 0 Å². The van der Waals surface area contributed by atoms with E-state index in [4.69, 9.17) is 26.8 Å². The first-order chi connectivity index (χ1) is 5.69. The molecule has 74 valence electrons. The predicted octanol–water partition coefficient (Wildman–Crippen LogP) is 2.36. The van der Waals surface area contributed by atoms with Gasteiger partial charge in [0, 0.05) is 12.1 Å². The number of ether oxygens (including phenoxy) is 2. The van der Waals surface area contributed by atoms with Gasteiger partial charge in [-0.1, -0.05) is 11.6 Å². The van der Waals surface area contributed by atoms with Crippen molar-refractivity contribution in [2.24, 2.45) is 0 Å². The number of methoxy groups -OCH3 is 2. The van der Waals surface area contributed by atoms with Crippen LogP contribution in [-0.4, -0.2) is 14.2 Å². The first-order valence-electron chi connectivity index (χ1n) is 3.36. The van der Waals surface area contributed by atoms with Crippen molar-refractivity contribution < 1.29 is 9.47 Å². The van der Waals surface area contributed by atoms with Gasteiger partial charge in [0.1, 0.15) is 16.5 Å². The molecule has 0 atom stereocenters. The lowest BCUT2D eigenvalue weighted by Gasteiger charge is -2.07. The molecule has 1 aromatic rings. The van der Waals surface area contributed by atoms with Crippen molar-refractivity contribution in [2.75, 3.05) is 20.0 Å². The molecule has 0 aliphatic carbocycles. The molecule has 3 nitrogen and oxygen atoms in total. The van der Waals surface area contributed by atoms with Crippen molar-refractivity contribution >= 4 is 29.7 Å². The number of nitrogens with two attached hydrogens (primary N) is 1. The standard InChI is InChI=1S/C8H10ClNO2.ClH/c1-11-5-3-6(10)8(9)7(4-5)12-2;/h3-4H,10H2,1-2H3;1H. The van der Waals surface area contributed by atoms with E-state index in [0.29, 0.717) is 22.2 Å². The van der Waals surface area contributed by atoms with Crippen LogP contribution in [0.3, 0.4) is 0 Å². The second-order valence-corrected chi connectivity index (χ2v) is 2.61. The van der Waals surface area contributed by atoms with Gasteiger partial charge in [-0.2, -0.15) is 0 Å². The maximum atomic E-state index is 5.82. The van der Waals surface area contributed by atoms with E-state index in [1.54, 1.807) is 19.2 Å². The van der Waals surface area contributed by atoms with Crippen molar-refractivity contribution in [3.63, 3.8) is 0 Å². The van der Waals surface area contributed by atoms with Gasteiger partial charge in [-0.15, -0.1) is 12.4 Å². The van der Waals surface area contributed by atoms with E-state index in [2.05, 4.69) is 0 Å². The number of anilines is 1. The van der Waals surface area contributed by atoms with Crippen LogP contribution in [0.2, 0.25) is 5.02 Å². The van der Waals surface area contributed by atoms with Gasteiger partial charge in [0.2, 0.25) is 0 Å². The number of hydrogen-bond donors (Lipinski definition) is 1. The number of halogens is 2. The molecule has 0 aliphatic heterocycles. The lowest BCUT2D eigenvalue weighted by Crippen LogP contribution is -1.93. The Kier molecular flexibility index (Phi) is 4.73. The van der Waals surface area contributed by atoms with Gasteiger partial charge in [0.05, 0.1) is 19.9 Å². The average Bonchev–Trinajstić information content (AvgIpc) is 2.09. The van der Waals surface area contributed by atoms with E-state index >= 15 is 0 Å². The van der Waals surface area contributed by atoms with Crippen LogP contribution in [0.15, 0.2) is 12.1 Å². The lowest BCUT2D eigenvalue weighted by molar-refractivity contribution is 0.395. The van der Waals surface area contributed by atoms with Crippen LogP contribution in [0.25, 0.3) is 0 Å². The summed E-state index contributed by atoms with van der Waals surface area (Å²) in [6.07, 6.45) is 0. The van der Waals surface area contributed by atoms with Crippen molar-refractivity contribution in [3.8, 4) is 11.5 Å². The summed E-state index contributed by atoms with van der Waals surface area (Å²) >= 11 is 5.82. The Bertz CT molecular complexity index is 292. The monoisotopic (exact) mass is 223 g/mol. The van der Waals surface area contributed by atoms with E-state index in [9.17, 15) is 0 Å². The normalized spacial score (nSPS) is 8.85. The summed E-state index contributed by atoms with van der Waals surface area (Å²) in [4.78, 5) is 0. The molecule has 0 unspecified atom stereocenters. The highest BCUT2D eigenvalue weighted by molar-refractivity contribution is 6.34. The second kappa shape index (κ2) is 5.04. The van der Waals surface area contributed by atoms with Crippen molar-refractivity contribution in [3.05, 3.63) is 17.2 Å². The quantitative estimate of drug-likeness (QED) is 0.784. The first-order valence-corrected chi connectivity index (χ1v) is 3.74. The lowest BCUT2D eigenvalue weighted by atomic mass is 10.3. The molecule has 0 bridgehead atoms. The fourth-order valence-electron chi connectivity index (χ4n) is 0.860. The van der Waals surface area contributed by atoms with Gasteiger partial charge in [0.15, 0.2) is 0 Å². The average molecular weight is 224 g/mol. The van der Waals surface area contributed by atoms with Gasteiger partial charge in [-0.25, -0.2) is 0 Å². The Morgan fingerprint density at radius 1 is 1.23 bits per heavy atom. The summed E-state index contributed by atoms with van der Waals surface area (Å²) in [5.74, 6) is 1.15. The molecule has 0 aromatic heterocycles. The third-order valence-corrected chi connectivity index (χ3v) is 1.90. The van der Waals surface area contributed by atoms with Gasteiger partial charge in [-0.05, 0) is 0 Å². The molecular formula is C8H11Cl2NO2. The Balaban J connectivity index is 0.00000144. The molecule has 0 spiro atoms. The van der Waals surface area contributed by atoms with Gasteiger partial charge < -0.3 is 15.2 Å². The zero-order valence-corrected chi connectivity index (χ0v) is 8.91. The predicted molar refractivity (Wildman–Crippen MR) is 56.2 cm³/mol. The number of hydrogen-bond acceptors (Lipinski definition) is 3. The highest BCUT2D eigenvalue weighted by Crippen LogP contribution is 2.34. The topological polar surface area (TPSA) is 44.5 Å². The minimum absolute atomic E-state index is 0. The molecule has 1 aromatic carbocycles. The minimum atomic E-state index is 0. The molecule has 2 N–H and O–H groups in total. The van der Waals surface area contributed by atoms with Crippen LogP contribution in [0.5, 0.6) is 11.5 Å². The summed E-state index contributed by atoms with van der Waals surface area (Å²) in [6, 6.07) is 3.32. The summed E-state index contributed by atoms with van der Waals surface area (Å²) < 4.78 is 9.95. The van der Waals surface area contributed by atoms with E-state index in [1.165, 1.54) is 7.11 Å². The van der Waals surface area contributed by atoms with Gasteiger partial charge in [-0.3, -0.25) is 0 Å². The largest absolute Gasteiger partial charge is 0.497 e. The Labute approximate surface area is 88.2 Å². The zero-order chi connectivity index (χ0) is 9.14. The third-order valence-electron chi connectivity index (χ3n) is 1.50. The molecule has 1 rings (SSSR count). The molecule has 0 aliphatic rings. The maximum Gasteiger partial charge on any atom is 0.143 e. The molecule has 13 heavy (non-hydrogen) atoms. The van der Waals surface area contributed by atoms with Crippen LogP contribution in [0.4, 0.5) is 5.69 Å². The number of benzene rings is 1. The van der Waals surface area contributed by atoms with E-state index in [0.717, 1.165) is 0 Å². The summed E-state index contributed by atoms with van der Waals surface area (Å²) in [5, 5.41) is 0.415. The fraction of sp³-hybridized carbons (Fsp3) is 0.250. The van der Waals surface area contributed by atoms with Crippen LogP contribution in [0, 0.1) is 0 Å². The fourth-order valence-corrected chi connectivity index (χ4v) is 1.05. The summed E-state index contributed by atoms with van der Waals surface area (Å²) in [7, 11) is 3.09. The molecule has 0 saturated carbocycles. The van der Waals surface area contributed by atoms with E-state index in [-0.39, 0.29) is 12.4 Å². The summed E-state index contributed by atoms with van der Waals surface area (Å²) in [6.45, 7) is 0. The highest BCUT2D eigenvalue weighted by atomic mass is 35.5. The zero-order valence-electron chi connectivity index (χ0n) is 7.33. The third kappa shape index (κ3) is 2.57. The molecule has 5 heteroatoms. The Hall–Kier alpha value is -0.800.